The quantitative estimate of drug-likeness (QED) is 0.676. The molecule has 102 valence electrons. The van der Waals surface area contributed by atoms with E-state index in [9.17, 15) is 4.79 Å². The van der Waals surface area contributed by atoms with Gasteiger partial charge in [-0.2, -0.15) is 0 Å². The van der Waals surface area contributed by atoms with Crippen molar-refractivity contribution in [3.63, 3.8) is 0 Å². The van der Waals surface area contributed by atoms with E-state index in [-0.39, 0.29) is 16.9 Å². The van der Waals surface area contributed by atoms with Gasteiger partial charge < -0.3 is 14.8 Å². The van der Waals surface area contributed by atoms with E-state index in [2.05, 4.69) is 33.0 Å². The molecule has 3 heteroatoms. The molecule has 0 aliphatic heterocycles. The summed E-state index contributed by atoms with van der Waals surface area (Å²) < 4.78 is 5.97. The fraction of sp³-hybridized carbons (Fsp3) is 0.929. The fourth-order valence-corrected chi connectivity index (χ4v) is 1.47. The van der Waals surface area contributed by atoms with Gasteiger partial charge in [0.2, 0.25) is 0 Å². The average molecular weight is 243 g/mol. The lowest BCUT2D eigenvalue weighted by Gasteiger charge is -2.31. The van der Waals surface area contributed by atoms with Crippen LogP contribution in [0, 0.1) is 0 Å². The zero-order chi connectivity index (χ0) is 13.5. The number of carbonyl (C=O) groups excluding carboxylic acids is 1. The summed E-state index contributed by atoms with van der Waals surface area (Å²) in [7, 11) is 1.97. The van der Waals surface area contributed by atoms with Crippen molar-refractivity contribution in [3.05, 3.63) is 0 Å². The third-order valence-corrected chi connectivity index (χ3v) is 3.61. The Hall–Kier alpha value is -0.410. The third-order valence-electron chi connectivity index (χ3n) is 3.61. The van der Waals surface area contributed by atoms with Crippen LogP contribution in [0.4, 0.5) is 0 Å². The van der Waals surface area contributed by atoms with Gasteiger partial charge in [-0.25, -0.2) is 0 Å². The van der Waals surface area contributed by atoms with Crippen LogP contribution in [0.15, 0.2) is 0 Å². The first-order chi connectivity index (χ1) is 7.74. The summed E-state index contributed by atoms with van der Waals surface area (Å²) in [4.78, 5) is 11.0. The summed E-state index contributed by atoms with van der Waals surface area (Å²) in [5.74, 6) is 0.240. The molecule has 1 unspecified atom stereocenters. The summed E-state index contributed by atoms with van der Waals surface area (Å²) in [5.41, 5.74) is -0.0509. The highest BCUT2D eigenvalue weighted by Gasteiger charge is 2.24. The highest BCUT2D eigenvalue weighted by molar-refractivity contribution is 5.75. The Morgan fingerprint density at radius 3 is 2.24 bits per heavy atom. The minimum absolute atomic E-state index is 0.106. The Balaban J connectivity index is 4.07. The molecule has 0 aliphatic carbocycles. The predicted octanol–water partition coefficient (Wildman–Crippen LogP) is 2.93. The maximum atomic E-state index is 11.0. The topological polar surface area (TPSA) is 38.3 Å². The smallest absolute Gasteiger partial charge is 0.129 e. The van der Waals surface area contributed by atoms with Crippen molar-refractivity contribution >= 4 is 5.78 Å². The van der Waals surface area contributed by atoms with Gasteiger partial charge in [-0.1, -0.05) is 6.92 Å². The zero-order valence-electron chi connectivity index (χ0n) is 12.4. The number of ketones is 1. The molecule has 0 aliphatic rings. The molecule has 0 radical (unpaired) electrons. The van der Waals surface area contributed by atoms with Crippen LogP contribution in [0.25, 0.3) is 0 Å². The Morgan fingerprint density at radius 1 is 1.24 bits per heavy atom. The van der Waals surface area contributed by atoms with Crippen molar-refractivity contribution in [2.75, 3.05) is 13.7 Å². The van der Waals surface area contributed by atoms with E-state index in [4.69, 9.17) is 4.74 Å². The first-order valence-corrected chi connectivity index (χ1v) is 6.57. The van der Waals surface area contributed by atoms with Crippen molar-refractivity contribution in [1.29, 1.82) is 0 Å². The van der Waals surface area contributed by atoms with Crippen molar-refractivity contribution in [2.45, 2.75) is 71.4 Å². The van der Waals surface area contributed by atoms with E-state index in [1.807, 2.05) is 7.05 Å². The van der Waals surface area contributed by atoms with E-state index in [0.717, 1.165) is 25.9 Å². The van der Waals surface area contributed by atoms with Crippen LogP contribution >= 0.6 is 0 Å². The zero-order valence-corrected chi connectivity index (χ0v) is 12.4. The first kappa shape index (κ1) is 16.6. The van der Waals surface area contributed by atoms with E-state index in [1.165, 1.54) is 0 Å². The molecule has 0 rings (SSSR count). The molecule has 0 saturated carbocycles. The summed E-state index contributed by atoms with van der Waals surface area (Å²) in [5, 5.41) is 3.26. The molecule has 0 aromatic rings. The van der Waals surface area contributed by atoms with Crippen molar-refractivity contribution in [2.24, 2.45) is 0 Å². The molecule has 0 heterocycles. The molecule has 0 bridgehead atoms. The van der Waals surface area contributed by atoms with Gasteiger partial charge in [0.15, 0.2) is 0 Å². The van der Waals surface area contributed by atoms with Crippen LogP contribution in [-0.2, 0) is 9.53 Å². The van der Waals surface area contributed by atoms with Crippen LogP contribution in [0.2, 0.25) is 0 Å². The van der Waals surface area contributed by atoms with Crippen LogP contribution in [0.1, 0.15) is 60.3 Å². The van der Waals surface area contributed by atoms with Crippen LogP contribution in [0.5, 0.6) is 0 Å². The van der Waals surface area contributed by atoms with Gasteiger partial charge in [-0.15, -0.1) is 0 Å². The second kappa shape index (κ2) is 7.12. The molecular weight excluding hydrogens is 214 g/mol. The number of Topliss-reactive ketones (excluding diaryl/α,β-unsaturated/α-hetero) is 1. The lowest BCUT2D eigenvalue weighted by atomic mass is 9.95. The molecule has 1 atom stereocenters. The Morgan fingerprint density at radius 2 is 1.82 bits per heavy atom. The van der Waals surface area contributed by atoms with Gasteiger partial charge in [-0.3, -0.25) is 0 Å². The number of ether oxygens (including phenoxy) is 1. The number of hydrogen-bond donors (Lipinski definition) is 1. The molecule has 0 aromatic heterocycles. The molecule has 1 N–H and O–H groups in total. The summed E-state index contributed by atoms with van der Waals surface area (Å²) in [6.45, 7) is 10.9. The maximum absolute atomic E-state index is 11.0. The van der Waals surface area contributed by atoms with Crippen molar-refractivity contribution in [3.8, 4) is 0 Å². The lowest BCUT2D eigenvalue weighted by Crippen LogP contribution is -2.39. The van der Waals surface area contributed by atoms with Crippen LogP contribution in [0.3, 0.4) is 0 Å². The SMILES string of the molecule is CCC(C)(CCC(C)=O)OCCC(C)(C)NC. The minimum Gasteiger partial charge on any atom is -0.375 e. The summed E-state index contributed by atoms with van der Waals surface area (Å²) in [6, 6.07) is 0. The third kappa shape index (κ3) is 7.50. The molecular formula is C14H29NO2. The number of rotatable bonds is 9. The predicted molar refractivity (Wildman–Crippen MR) is 72.3 cm³/mol. The number of carbonyl (C=O) groups is 1. The van der Waals surface area contributed by atoms with Crippen LogP contribution < -0.4 is 5.32 Å². The van der Waals surface area contributed by atoms with E-state index in [1.54, 1.807) is 6.92 Å². The average Bonchev–Trinajstić information content (AvgIpc) is 2.26. The van der Waals surface area contributed by atoms with Gasteiger partial charge in [0.1, 0.15) is 5.78 Å². The minimum atomic E-state index is -0.157. The summed E-state index contributed by atoms with van der Waals surface area (Å²) in [6.07, 6.45) is 3.35. The highest BCUT2D eigenvalue weighted by Crippen LogP contribution is 2.23. The normalized spacial score (nSPS) is 15.6. The van der Waals surface area contributed by atoms with Gasteiger partial charge >= 0.3 is 0 Å². The molecule has 0 saturated heterocycles. The largest absolute Gasteiger partial charge is 0.375 e. The Kier molecular flexibility index (Phi) is 6.95. The molecule has 0 fully saturated rings. The van der Waals surface area contributed by atoms with E-state index >= 15 is 0 Å². The molecule has 17 heavy (non-hydrogen) atoms. The van der Waals surface area contributed by atoms with Crippen molar-refractivity contribution in [1.82, 2.24) is 5.32 Å². The summed E-state index contributed by atoms with van der Waals surface area (Å²) >= 11 is 0. The molecule has 3 nitrogen and oxygen atoms in total. The highest BCUT2D eigenvalue weighted by atomic mass is 16.5. The molecule has 0 aromatic carbocycles. The van der Waals surface area contributed by atoms with Crippen LogP contribution in [-0.4, -0.2) is 30.6 Å². The number of nitrogens with one attached hydrogen (secondary N) is 1. The van der Waals surface area contributed by atoms with E-state index < -0.39 is 0 Å². The lowest BCUT2D eigenvalue weighted by molar-refractivity contribution is -0.119. The second-order valence-corrected chi connectivity index (χ2v) is 5.74. The standard InChI is InChI=1S/C14H29NO2/c1-7-14(5,9-8-12(2)16)17-11-10-13(3,4)15-6/h15H,7-11H2,1-6H3. The molecule has 0 amide bonds. The fourth-order valence-electron chi connectivity index (χ4n) is 1.47. The Labute approximate surface area is 106 Å². The van der Waals surface area contributed by atoms with Gasteiger partial charge in [0.25, 0.3) is 0 Å². The Bertz CT molecular complexity index is 238. The van der Waals surface area contributed by atoms with Gasteiger partial charge in [0.05, 0.1) is 5.60 Å². The van der Waals surface area contributed by atoms with Gasteiger partial charge in [-0.05, 0) is 54.0 Å². The number of hydrogen-bond acceptors (Lipinski definition) is 3. The second-order valence-electron chi connectivity index (χ2n) is 5.74. The molecule has 0 spiro atoms. The maximum Gasteiger partial charge on any atom is 0.129 e. The first-order valence-electron chi connectivity index (χ1n) is 6.57. The van der Waals surface area contributed by atoms with Gasteiger partial charge in [0, 0.05) is 18.6 Å². The van der Waals surface area contributed by atoms with E-state index in [0.29, 0.717) is 6.42 Å². The monoisotopic (exact) mass is 243 g/mol. The van der Waals surface area contributed by atoms with Crippen molar-refractivity contribution < 1.29 is 9.53 Å².